The Morgan fingerprint density at radius 1 is 1.26 bits per heavy atom. The molecule has 2 N–H and O–H groups in total. The molecule has 1 aromatic carbocycles. The van der Waals surface area contributed by atoms with Gasteiger partial charge in [0.15, 0.2) is 5.65 Å². The number of fused-ring (bicyclic) bond motifs is 2. The zero-order valence-electron chi connectivity index (χ0n) is 19.3. The Morgan fingerprint density at radius 2 is 2.12 bits per heavy atom. The number of rotatable bonds is 4. The Hall–Kier alpha value is -3.17. The molecular weight excluding hydrogens is 434 g/mol. The summed E-state index contributed by atoms with van der Waals surface area (Å²) in [6, 6.07) is 5.78. The monoisotopic (exact) mass is 463 g/mol. The molecule has 34 heavy (non-hydrogen) atoms. The average Bonchev–Trinajstić information content (AvgIpc) is 3.56. The largest absolute Gasteiger partial charge is 0.484 e. The first-order chi connectivity index (χ1) is 16.5. The molecular formula is C25H29N5O4. The first-order valence-corrected chi connectivity index (χ1v) is 11.9. The van der Waals surface area contributed by atoms with Crippen LogP contribution >= 0.6 is 0 Å². The molecule has 1 amide bonds. The number of nitrogens with zero attached hydrogens (tertiary/aromatic N) is 4. The lowest BCUT2D eigenvalue weighted by molar-refractivity contribution is 0.0447. The maximum absolute atomic E-state index is 13.3. The Bertz CT molecular complexity index is 1240. The number of benzene rings is 1. The molecule has 5 heterocycles. The van der Waals surface area contributed by atoms with Gasteiger partial charge in [0, 0.05) is 50.1 Å². The van der Waals surface area contributed by atoms with Crippen molar-refractivity contribution >= 4 is 22.9 Å². The van der Waals surface area contributed by atoms with Gasteiger partial charge < -0.3 is 24.8 Å². The highest BCUT2D eigenvalue weighted by atomic mass is 16.5. The smallest absolute Gasteiger partial charge is 0.261 e. The molecule has 0 bridgehead atoms. The molecule has 9 nitrogen and oxygen atoms in total. The van der Waals surface area contributed by atoms with Crippen molar-refractivity contribution in [3.8, 4) is 5.75 Å². The molecule has 9 heteroatoms. The Balaban J connectivity index is 1.33. The van der Waals surface area contributed by atoms with E-state index in [0.717, 1.165) is 68.3 Å². The van der Waals surface area contributed by atoms with E-state index in [1.807, 2.05) is 19.1 Å². The van der Waals surface area contributed by atoms with E-state index in [-0.39, 0.29) is 17.9 Å². The van der Waals surface area contributed by atoms with E-state index >= 15 is 0 Å². The third-order valence-corrected chi connectivity index (χ3v) is 7.56. The van der Waals surface area contributed by atoms with Gasteiger partial charge in [0.05, 0.1) is 30.8 Å². The van der Waals surface area contributed by atoms with Crippen LogP contribution in [-0.4, -0.2) is 64.1 Å². The normalized spacial score (nSPS) is 23.3. The van der Waals surface area contributed by atoms with Gasteiger partial charge in [0.25, 0.3) is 5.91 Å². The fourth-order valence-electron chi connectivity index (χ4n) is 5.44. The van der Waals surface area contributed by atoms with Gasteiger partial charge in [-0.25, -0.2) is 9.50 Å². The summed E-state index contributed by atoms with van der Waals surface area (Å²) in [6.45, 7) is 5.30. The zero-order valence-corrected chi connectivity index (χ0v) is 19.3. The number of aliphatic hydroxyl groups is 1. The standard InChI is InChI=1S/C25H29N5O4/c1-24(15-31)13-17-11-19(28-23(32)18-14-27-30-7-2-6-26-22(18)30)20(12-21(17)34-24)29-8-3-25(4-9-29)5-10-33-16-25/h2,6-7,11-12,14,31H,3-5,8-10,13,15-16H2,1H3,(H,28,32)/t24-/m1/s1. The van der Waals surface area contributed by atoms with Gasteiger partial charge in [0.2, 0.25) is 0 Å². The summed E-state index contributed by atoms with van der Waals surface area (Å²) in [5, 5.41) is 17.2. The lowest BCUT2D eigenvalue weighted by Crippen LogP contribution is -2.40. The van der Waals surface area contributed by atoms with E-state index in [4.69, 9.17) is 9.47 Å². The molecule has 2 fully saturated rings. The van der Waals surface area contributed by atoms with Crippen LogP contribution in [0.5, 0.6) is 5.75 Å². The van der Waals surface area contributed by atoms with E-state index in [1.54, 1.807) is 29.2 Å². The summed E-state index contributed by atoms with van der Waals surface area (Å²) < 4.78 is 13.4. The summed E-state index contributed by atoms with van der Waals surface area (Å²) >= 11 is 0. The molecule has 6 rings (SSSR count). The average molecular weight is 464 g/mol. The minimum Gasteiger partial charge on any atom is -0.484 e. The van der Waals surface area contributed by atoms with Crippen LogP contribution in [0.1, 0.15) is 42.1 Å². The van der Waals surface area contributed by atoms with Crippen molar-refractivity contribution in [3.05, 3.63) is 47.9 Å². The van der Waals surface area contributed by atoms with Crippen LogP contribution in [0.4, 0.5) is 11.4 Å². The number of aromatic nitrogens is 3. The molecule has 0 unspecified atom stereocenters. The number of amides is 1. The zero-order chi connectivity index (χ0) is 23.3. The number of aliphatic hydroxyl groups excluding tert-OH is 1. The predicted molar refractivity (Wildman–Crippen MR) is 127 cm³/mol. The molecule has 3 aliphatic heterocycles. The fraction of sp³-hybridized carbons (Fsp3) is 0.480. The number of hydrogen-bond donors (Lipinski definition) is 2. The minimum atomic E-state index is -0.651. The van der Waals surface area contributed by atoms with Crippen molar-refractivity contribution in [2.24, 2.45) is 5.41 Å². The number of piperidine rings is 1. The van der Waals surface area contributed by atoms with Gasteiger partial charge in [-0.05, 0) is 43.7 Å². The van der Waals surface area contributed by atoms with Gasteiger partial charge in [-0.2, -0.15) is 5.10 Å². The van der Waals surface area contributed by atoms with Gasteiger partial charge in [-0.15, -0.1) is 0 Å². The highest BCUT2D eigenvalue weighted by Gasteiger charge is 2.40. The van der Waals surface area contributed by atoms with Gasteiger partial charge in [-0.3, -0.25) is 4.79 Å². The van der Waals surface area contributed by atoms with E-state index in [2.05, 4.69) is 20.3 Å². The van der Waals surface area contributed by atoms with Crippen LogP contribution < -0.4 is 15.0 Å². The highest BCUT2D eigenvalue weighted by Crippen LogP contribution is 2.45. The van der Waals surface area contributed by atoms with Crippen LogP contribution in [0.25, 0.3) is 5.65 Å². The summed E-state index contributed by atoms with van der Waals surface area (Å²) in [4.78, 5) is 19.9. The van der Waals surface area contributed by atoms with Crippen LogP contribution in [0.2, 0.25) is 0 Å². The lowest BCUT2D eigenvalue weighted by Gasteiger charge is -2.40. The molecule has 0 aliphatic carbocycles. The summed E-state index contributed by atoms with van der Waals surface area (Å²) in [7, 11) is 0. The molecule has 0 radical (unpaired) electrons. The molecule has 2 aromatic heterocycles. The van der Waals surface area contributed by atoms with Crippen molar-refractivity contribution in [2.45, 2.75) is 38.2 Å². The first-order valence-electron chi connectivity index (χ1n) is 11.9. The second kappa shape index (κ2) is 7.95. The third-order valence-electron chi connectivity index (χ3n) is 7.56. The Kier molecular flexibility index (Phi) is 5.00. The predicted octanol–water partition coefficient (Wildman–Crippen LogP) is 2.67. The second-order valence-corrected chi connectivity index (χ2v) is 10.1. The van der Waals surface area contributed by atoms with Crippen molar-refractivity contribution in [1.82, 2.24) is 14.6 Å². The number of hydrogen-bond acceptors (Lipinski definition) is 7. The van der Waals surface area contributed by atoms with Crippen molar-refractivity contribution in [3.63, 3.8) is 0 Å². The number of nitrogens with one attached hydrogen (secondary N) is 1. The molecule has 3 aromatic rings. The van der Waals surface area contributed by atoms with Gasteiger partial charge >= 0.3 is 0 Å². The maximum atomic E-state index is 13.3. The van der Waals surface area contributed by atoms with E-state index < -0.39 is 5.60 Å². The van der Waals surface area contributed by atoms with Crippen LogP contribution in [-0.2, 0) is 11.2 Å². The minimum absolute atomic E-state index is 0.0704. The summed E-state index contributed by atoms with van der Waals surface area (Å²) in [6.07, 6.45) is 8.78. The number of anilines is 2. The maximum Gasteiger partial charge on any atom is 0.261 e. The summed E-state index contributed by atoms with van der Waals surface area (Å²) in [5.74, 6) is 0.517. The number of ether oxygens (including phenoxy) is 2. The van der Waals surface area contributed by atoms with Crippen molar-refractivity contribution < 1.29 is 19.4 Å². The second-order valence-electron chi connectivity index (χ2n) is 10.1. The SMILES string of the molecule is C[C@]1(CO)Cc2cc(NC(=O)c3cnn4cccnc34)c(N3CCC4(CCOC4)CC3)cc2O1. The van der Waals surface area contributed by atoms with Crippen molar-refractivity contribution in [1.29, 1.82) is 0 Å². The quantitative estimate of drug-likeness (QED) is 0.613. The Labute approximate surface area is 197 Å². The van der Waals surface area contributed by atoms with Crippen LogP contribution in [0.15, 0.2) is 36.8 Å². The molecule has 1 spiro atoms. The van der Waals surface area contributed by atoms with E-state index in [1.165, 1.54) is 0 Å². The molecule has 3 aliphatic rings. The third kappa shape index (κ3) is 3.59. The highest BCUT2D eigenvalue weighted by molar-refractivity contribution is 6.09. The molecule has 0 saturated carbocycles. The van der Waals surface area contributed by atoms with Gasteiger partial charge in [-0.1, -0.05) is 0 Å². The number of carbonyl (C=O) groups is 1. The molecule has 1 atom stereocenters. The fourth-order valence-corrected chi connectivity index (χ4v) is 5.44. The molecule has 2 saturated heterocycles. The summed E-state index contributed by atoms with van der Waals surface area (Å²) in [5.41, 5.74) is 3.22. The number of carbonyl (C=O) groups excluding carboxylic acids is 1. The lowest BCUT2D eigenvalue weighted by atomic mass is 9.78. The first kappa shape index (κ1) is 21.4. The van der Waals surface area contributed by atoms with Crippen LogP contribution in [0, 0.1) is 5.41 Å². The van der Waals surface area contributed by atoms with E-state index in [9.17, 15) is 9.90 Å². The van der Waals surface area contributed by atoms with Gasteiger partial charge in [0.1, 0.15) is 16.9 Å². The van der Waals surface area contributed by atoms with Crippen LogP contribution in [0.3, 0.4) is 0 Å². The Morgan fingerprint density at radius 3 is 2.88 bits per heavy atom. The van der Waals surface area contributed by atoms with Crippen molar-refractivity contribution in [2.75, 3.05) is 43.1 Å². The van der Waals surface area contributed by atoms with E-state index in [0.29, 0.717) is 17.6 Å². The topological polar surface area (TPSA) is 101 Å². The molecule has 178 valence electrons.